The smallest absolute Gasteiger partial charge is 0.266 e. The van der Waals surface area contributed by atoms with Gasteiger partial charge in [0.05, 0.1) is 19.1 Å². The van der Waals surface area contributed by atoms with Crippen molar-refractivity contribution in [2.45, 2.75) is 12.5 Å². The number of methoxy groups -OCH3 is 2. The van der Waals surface area contributed by atoms with Gasteiger partial charge in [-0.05, 0) is 53.5 Å². The first-order valence-electron chi connectivity index (χ1n) is 11.6. The summed E-state index contributed by atoms with van der Waals surface area (Å²) in [6.45, 7) is 0.484. The molecule has 36 heavy (non-hydrogen) atoms. The van der Waals surface area contributed by atoms with Crippen molar-refractivity contribution >= 4 is 40.3 Å². The summed E-state index contributed by atoms with van der Waals surface area (Å²) in [4.78, 5) is 15.6. The molecule has 2 aliphatic heterocycles. The number of rotatable bonds is 7. The minimum absolute atomic E-state index is 0.0861. The van der Waals surface area contributed by atoms with Crippen molar-refractivity contribution in [2.75, 3.05) is 20.8 Å². The highest BCUT2D eigenvalue weighted by molar-refractivity contribution is 8.26. The fourth-order valence-electron chi connectivity index (χ4n) is 4.28. The van der Waals surface area contributed by atoms with Crippen LogP contribution in [0.15, 0.2) is 89.4 Å². The Balaban J connectivity index is 1.38. The summed E-state index contributed by atoms with van der Waals surface area (Å²) < 4.78 is 17.6. The average molecular weight is 516 g/mol. The van der Waals surface area contributed by atoms with E-state index in [0.29, 0.717) is 33.7 Å². The Morgan fingerprint density at radius 1 is 1.00 bits per heavy atom. The lowest BCUT2D eigenvalue weighted by Gasteiger charge is -2.26. The zero-order valence-corrected chi connectivity index (χ0v) is 21.6. The molecule has 0 aromatic heterocycles. The topological polar surface area (TPSA) is 48.0 Å². The van der Waals surface area contributed by atoms with E-state index in [-0.39, 0.29) is 12.0 Å². The number of thioether (sulfide) groups is 1. The van der Waals surface area contributed by atoms with Crippen LogP contribution in [-0.4, -0.2) is 35.9 Å². The van der Waals surface area contributed by atoms with Crippen LogP contribution < -0.4 is 14.2 Å². The summed E-state index contributed by atoms with van der Waals surface area (Å²) in [6.07, 6.45) is 4.35. The van der Waals surface area contributed by atoms with Gasteiger partial charge in [0.2, 0.25) is 0 Å². The Hall–Kier alpha value is -3.55. The lowest BCUT2D eigenvalue weighted by molar-refractivity contribution is -0.122. The molecule has 2 aliphatic rings. The molecule has 2 heterocycles. The van der Waals surface area contributed by atoms with Gasteiger partial charge < -0.3 is 14.2 Å². The molecule has 5 nitrogen and oxygen atoms in total. The van der Waals surface area contributed by atoms with Crippen molar-refractivity contribution in [2.24, 2.45) is 0 Å². The fraction of sp³-hybridized carbons (Fsp3) is 0.172. The molecule has 0 radical (unpaired) electrons. The van der Waals surface area contributed by atoms with Crippen molar-refractivity contribution in [1.29, 1.82) is 0 Å². The maximum Gasteiger partial charge on any atom is 0.266 e. The molecule has 0 aliphatic carbocycles. The zero-order chi connectivity index (χ0) is 25.1. The van der Waals surface area contributed by atoms with E-state index in [9.17, 15) is 4.79 Å². The van der Waals surface area contributed by atoms with Gasteiger partial charge in [0.25, 0.3) is 5.91 Å². The number of benzene rings is 3. The van der Waals surface area contributed by atoms with Crippen molar-refractivity contribution in [1.82, 2.24) is 4.90 Å². The van der Waals surface area contributed by atoms with Crippen LogP contribution in [0.5, 0.6) is 17.2 Å². The second-order valence-corrected chi connectivity index (χ2v) is 10.0. The number of amides is 1. The van der Waals surface area contributed by atoms with Gasteiger partial charge in [-0.25, -0.2) is 0 Å². The summed E-state index contributed by atoms with van der Waals surface area (Å²) in [5, 5.41) is 0. The van der Waals surface area contributed by atoms with E-state index in [1.54, 1.807) is 19.1 Å². The van der Waals surface area contributed by atoms with E-state index in [1.807, 2.05) is 78.9 Å². The largest absolute Gasteiger partial charge is 0.493 e. The van der Waals surface area contributed by atoms with Gasteiger partial charge in [0.1, 0.15) is 16.2 Å². The number of ether oxygens (including phenoxy) is 3. The number of hydrogen-bond acceptors (Lipinski definition) is 6. The summed E-state index contributed by atoms with van der Waals surface area (Å²) in [6, 6.07) is 23.7. The number of hydrogen-bond donors (Lipinski definition) is 0. The quantitative estimate of drug-likeness (QED) is 0.276. The van der Waals surface area contributed by atoms with Gasteiger partial charge in [-0.1, -0.05) is 78.6 Å². The van der Waals surface area contributed by atoms with Gasteiger partial charge in [-0.15, -0.1) is 0 Å². The summed E-state index contributed by atoms with van der Waals surface area (Å²) in [5.74, 6) is 2.08. The first-order valence-corrected chi connectivity index (χ1v) is 12.8. The highest BCUT2D eigenvalue weighted by Crippen LogP contribution is 2.41. The van der Waals surface area contributed by atoms with Crippen LogP contribution >= 0.6 is 24.0 Å². The molecule has 1 saturated heterocycles. The first kappa shape index (κ1) is 24.2. The van der Waals surface area contributed by atoms with Crippen molar-refractivity contribution in [3.05, 3.63) is 106 Å². The summed E-state index contributed by atoms with van der Waals surface area (Å²) >= 11 is 6.91. The molecule has 1 amide bonds. The Morgan fingerprint density at radius 2 is 1.75 bits per heavy atom. The molecule has 7 heteroatoms. The number of thiocarbonyl (C=S) groups is 1. The molecule has 0 bridgehead atoms. The van der Waals surface area contributed by atoms with Gasteiger partial charge in [0.15, 0.2) is 11.5 Å². The van der Waals surface area contributed by atoms with Gasteiger partial charge in [-0.2, -0.15) is 0 Å². The average Bonchev–Trinajstić information content (AvgIpc) is 3.18. The van der Waals surface area contributed by atoms with Gasteiger partial charge >= 0.3 is 0 Å². The van der Waals surface area contributed by atoms with Crippen LogP contribution in [0.25, 0.3) is 6.08 Å². The predicted octanol–water partition coefficient (Wildman–Crippen LogP) is 6.21. The standard InChI is InChI=1S/C29H25NO4S2/c1-32-24-13-12-19(16-25(24)33-2)14-15-30-28(31)26(36-29(30)35)18-22-17-21-10-6-7-11-23(21)34-27(22)20-8-4-3-5-9-20/h3-13,16-18,27H,14-15H2,1-2H3/b26-18-. The van der Waals surface area contributed by atoms with E-state index in [0.717, 1.165) is 28.0 Å². The SMILES string of the molecule is COc1ccc(CCN2C(=O)/C(=C/C3=Cc4ccccc4OC3c3ccccc3)SC2=S)cc1OC. The van der Waals surface area contributed by atoms with Crippen LogP contribution in [0.2, 0.25) is 0 Å². The predicted molar refractivity (Wildman–Crippen MR) is 147 cm³/mol. The number of para-hydroxylation sites is 1. The van der Waals surface area contributed by atoms with Gasteiger partial charge in [0, 0.05) is 12.1 Å². The lowest BCUT2D eigenvalue weighted by atomic mass is 9.95. The molecule has 5 rings (SSSR count). The van der Waals surface area contributed by atoms with E-state index in [4.69, 9.17) is 26.4 Å². The van der Waals surface area contributed by atoms with Crippen LogP contribution in [-0.2, 0) is 11.2 Å². The molecule has 1 unspecified atom stereocenters. The summed E-state index contributed by atoms with van der Waals surface area (Å²) in [7, 11) is 3.22. The Bertz CT molecular complexity index is 1370. The molecule has 1 atom stereocenters. The van der Waals surface area contributed by atoms with Crippen molar-refractivity contribution in [3.8, 4) is 17.2 Å². The number of carbonyl (C=O) groups excluding carboxylic acids is 1. The van der Waals surface area contributed by atoms with E-state index < -0.39 is 0 Å². The second kappa shape index (κ2) is 10.6. The number of nitrogens with zero attached hydrogens (tertiary/aromatic N) is 1. The van der Waals surface area contributed by atoms with Crippen LogP contribution in [0.1, 0.15) is 22.8 Å². The second-order valence-electron chi connectivity index (χ2n) is 8.36. The highest BCUT2D eigenvalue weighted by atomic mass is 32.2. The maximum atomic E-state index is 13.4. The van der Waals surface area contributed by atoms with Crippen molar-refractivity contribution in [3.63, 3.8) is 0 Å². The van der Waals surface area contributed by atoms with Crippen molar-refractivity contribution < 1.29 is 19.0 Å². The van der Waals surface area contributed by atoms with E-state index in [1.165, 1.54) is 11.8 Å². The molecular formula is C29H25NO4S2. The molecule has 1 fully saturated rings. The van der Waals surface area contributed by atoms with E-state index in [2.05, 4.69) is 6.08 Å². The number of fused-ring (bicyclic) bond motifs is 1. The highest BCUT2D eigenvalue weighted by Gasteiger charge is 2.33. The fourth-order valence-corrected chi connectivity index (χ4v) is 5.59. The molecule has 0 N–H and O–H groups in total. The molecule has 182 valence electrons. The normalized spacial score (nSPS) is 18.1. The first-order chi connectivity index (χ1) is 17.6. The minimum atomic E-state index is -0.309. The lowest BCUT2D eigenvalue weighted by Crippen LogP contribution is -2.30. The number of carbonyl (C=O) groups is 1. The zero-order valence-electron chi connectivity index (χ0n) is 20.0. The Kier molecular flexibility index (Phi) is 7.11. The third kappa shape index (κ3) is 4.90. The Labute approximate surface area is 220 Å². The molecule has 3 aromatic carbocycles. The third-order valence-electron chi connectivity index (χ3n) is 6.13. The molecular weight excluding hydrogens is 490 g/mol. The Morgan fingerprint density at radius 3 is 2.53 bits per heavy atom. The van der Waals surface area contributed by atoms with Gasteiger partial charge in [-0.3, -0.25) is 9.69 Å². The third-order valence-corrected chi connectivity index (χ3v) is 7.51. The van der Waals surface area contributed by atoms with Crippen LogP contribution in [0.3, 0.4) is 0 Å². The monoisotopic (exact) mass is 515 g/mol. The molecule has 0 spiro atoms. The maximum absolute atomic E-state index is 13.4. The van der Waals surface area contributed by atoms with Crippen LogP contribution in [0.4, 0.5) is 0 Å². The molecule has 3 aromatic rings. The van der Waals surface area contributed by atoms with Crippen LogP contribution in [0, 0.1) is 0 Å². The van der Waals surface area contributed by atoms with E-state index >= 15 is 0 Å². The summed E-state index contributed by atoms with van der Waals surface area (Å²) in [5.41, 5.74) is 3.97. The minimum Gasteiger partial charge on any atom is -0.493 e. The molecule has 0 saturated carbocycles.